The van der Waals surface area contributed by atoms with Crippen molar-refractivity contribution in [2.75, 3.05) is 32.7 Å². The van der Waals surface area contributed by atoms with Gasteiger partial charge in [0.1, 0.15) is 5.54 Å². The van der Waals surface area contributed by atoms with Crippen LogP contribution in [0.4, 0.5) is 26.3 Å². The molecule has 0 N–H and O–H groups in total. The van der Waals surface area contributed by atoms with Gasteiger partial charge in [-0.3, -0.25) is 9.69 Å². The standard InChI is InChI=1S/C28H32F6N2O/c1-26(22-5-3-2-4-6-22,36-15-13-35(14-16-36)12-11-20-7-8-20)25(37)10-9-21-17-23(27(29,30)31)19-24(18-21)28(32,33)34/h2-6,17-20H,7-16H2,1H3. The van der Waals surface area contributed by atoms with Crippen LogP contribution in [0.2, 0.25) is 0 Å². The Bertz CT molecular complexity index is 1040. The highest BCUT2D eigenvalue weighted by molar-refractivity contribution is 5.89. The van der Waals surface area contributed by atoms with Crippen LogP contribution in [-0.4, -0.2) is 48.3 Å². The molecule has 3 nitrogen and oxygen atoms in total. The molecule has 2 aromatic rings. The maximum atomic E-state index is 13.7. The van der Waals surface area contributed by atoms with E-state index in [-0.39, 0.29) is 30.3 Å². The van der Waals surface area contributed by atoms with Gasteiger partial charge in [0, 0.05) is 32.6 Å². The van der Waals surface area contributed by atoms with Crippen LogP contribution in [0.5, 0.6) is 0 Å². The number of hydrogen-bond acceptors (Lipinski definition) is 3. The van der Waals surface area contributed by atoms with Gasteiger partial charge in [-0.15, -0.1) is 0 Å². The monoisotopic (exact) mass is 526 g/mol. The van der Waals surface area contributed by atoms with E-state index >= 15 is 0 Å². The SMILES string of the molecule is CC(C(=O)CCc1cc(C(F)(F)F)cc(C(F)(F)F)c1)(c1ccccc1)N1CCN(CCC2CC2)CC1. The van der Waals surface area contributed by atoms with Gasteiger partial charge in [0.05, 0.1) is 11.1 Å². The molecule has 202 valence electrons. The molecule has 1 aliphatic carbocycles. The van der Waals surface area contributed by atoms with Crippen LogP contribution >= 0.6 is 0 Å². The number of aryl methyl sites for hydroxylation is 1. The second kappa shape index (κ2) is 10.8. The minimum atomic E-state index is -4.92. The lowest BCUT2D eigenvalue weighted by Gasteiger charge is -2.45. The van der Waals surface area contributed by atoms with Gasteiger partial charge in [0.2, 0.25) is 0 Å². The molecule has 0 amide bonds. The number of carbonyl (C=O) groups excluding carboxylic acids is 1. The molecule has 4 rings (SSSR count). The summed E-state index contributed by atoms with van der Waals surface area (Å²) in [5, 5.41) is 0. The number of benzene rings is 2. The second-order valence-corrected chi connectivity index (χ2v) is 10.3. The molecule has 37 heavy (non-hydrogen) atoms. The van der Waals surface area contributed by atoms with Gasteiger partial charge in [0.15, 0.2) is 5.78 Å². The molecule has 0 aromatic heterocycles. The van der Waals surface area contributed by atoms with E-state index in [0.29, 0.717) is 25.2 Å². The molecule has 0 spiro atoms. The Morgan fingerprint density at radius 1 is 0.838 bits per heavy atom. The molecule has 1 unspecified atom stereocenters. The summed E-state index contributed by atoms with van der Waals surface area (Å²) < 4.78 is 79.7. The van der Waals surface area contributed by atoms with Crippen molar-refractivity contribution >= 4 is 5.78 Å². The smallest absolute Gasteiger partial charge is 0.301 e. The highest BCUT2D eigenvalue weighted by atomic mass is 19.4. The molecular weight excluding hydrogens is 494 g/mol. The van der Waals surface area contributed by atoms with Crippen LogP contribution in [0.3, 0.4) is 0 Å². The van der Waals surface area contributed by atoms with Crippen molar-refractivity contribution < 1.29 is 31.1 Å². The van der Waals surface area contributed by atoms with Gasteiger partial charge in [-0.25, -0.2) is 0 Å². The van der Waals surface area contributed by atoms with Crippen LogP contribution in [0.1, 0.15) is 54.9 Å². The average molecular weight is 527 g/mol. The zero-order chi connectivity index (χ0) is 26.8. The fourth-order valence-electron chi connectivity index (χ4n) is 5.14. The molecule has 2 fully saturated rings. The molecular formula is C28H32F6N2O. The average Bonchev–Trinajstić information content (AvgIpc) is 3.70. The Morgan fingerprint density at radius 2 is 1.41 bits per heavy atom. The number of rotatable bonds is 9. The Balaban J connectivity index is 1.52. The first kappa shape index (κ1) is 27.6. The predicted octanol–water partition coefficient (Wildman–Crippen LogP) is 6.56. The van der Waals surface area contributed by atoms with E-state index < -0.39 is 29.0 Å². The second-order valence-electron chi connectivity index (χ2n) is 10.3. The van der Waals surface area contributed by atoms with Crippen LogP contribution in [0.25, 0.3) is 0 Å². The fraction of sp³-hybridized carbons (Fsp3) is 0.536. The first-order valence-electron chi connectivity index (χ1n) is 12.7. The summed E-state index contributed by atoms with van der Waals surface area (Å²) in [7, 11) is 0. The van der Waals surface area contributed by atoms with Crippen molar-refractivity contribution in [3.63, 3.8) is 0 Å². The van der Waals surface area contributed by atoms with Crippen LogP contribution in [0.15, 0.2) is 48.5 Å². The van der Waals surface area contributed by atoms with E-state index in [0.717, 1.165) is 31.1 Å². The summed E-state index contributed by atoms with van der Waals surface area (Å²) in [5.41, 5.74) is -3.14. The minimum Gasteiger partial charge on any atom is -0.301 e. The maximum absolute atomic E-state index is 13.7. The van der Waals surface area contributed by atoms with Crippen molar-refractivity contribution in [2.45, 2.75) is 56.9 Å². The number of ketones is 1. The molecule has 1 saturated heterocycles. The van der Waals surface area contributed by atoms with Crippen LogP contribution in [-0.2, 0) is 29.1 Å². The Kier molecular flexibility index (Phi) is 8.04. The molecule has 1 aliphatic heterocycles. The Morgan fingerprint density at radius 3 is 1.92 bits per heavy atom. The number of alkyl halides is 6. The quantitative estimate of drug-likeness (QED) is 0.346. The zero-order valence-corrected chi connectivity index (χ0v) is 20.8. The third-order valence-electron chi connectivity index (χ3n) is 7.72. The van der Waals surface area contributed by atoms with Crippen molar-refractivity contribution in [3.8, 4) is 0 Å². The normalized spacial score (nSPS) is 19.5. The number of Topliss-reactive ketones (excluding diaryl/α,β-unsaturated/α-hetero) is 1. The van der Waals surface area contributed by atoms with Gasteiger partial charge in [-0.1, -0.05) is 43.2 Å². The molecule has 0 radical (unpaired) electrons. The van der Waals surface area contributed by atoms with E-state index in [1.807, 2.05) is 37.3 Å². The summed E-state index contributed by atoms with van der Waals surface area (Å²) in [4.78, 5) is 18.2. The number of piperazine rings is 1. The molecule has 9 heteroatoms. The summed E-state index contributed by atoms with van der Waals surface area (Å²) in [5.74, 6) is 0.610. The van der Waals surface area contributed by atoms with E-state index in [1.54, 1.807) is 0 Å². The maximum Gasteiger partial charge on any atom is 0.416 e. The van der Waals surface area contributed by atoms with Crippen LogP contribution < -0.4 is 0 Å². The summed E-state index contributed by atoms with van der Waals surface area (Å²) in [6.45, 7) is 5.78. The summed E-state index contributed by atoms with van der Waals surface area (Å²) >= 11 is 0. The largest absolute Gasteiger partial charge is 0.416 e. The van der Waals surface area contributed by atoms with Gasteiger partial charge < -0.3 is 4.90 Å². The zero-order valence-electron chi connectivity index (χ0n) is 20.8. The van der Waals surface area contributed by atoms with Gasteiger partial charge in [-0.2, -0.15) is 26.3 Å². The number of halogens is 6. The van der Waals surface area contributed by atoms with E-state index in [4.69, 9.17) is 0 Å². The first-order valence-corrected chi connectivity index (χ1v) is 12.7. The third kappa shape index (κ3) is 6.74. The molecule has 0 bridgehead atoms. The Hall–Kier alpha value is -2.39. The van der Waals surface area contributed by atoms with Crippen molar-refractivity contribution in [3.05, 3.63) is 70.8 Å². The molecule has 1 saturated carbocycles. The first-order chi connectivity index (χ1) is 17.4. The van der Waals surface area contributed by atoms with Gasteiger partial charge >= 0.3 is 12.4 Å². The van der Waals surface area contributed by atoms with Gasteiger partial charge in [-0.05, 0) is 61.6 Å². The number of carbonyl (C=O) groups is 1. The third-order valence-corrected chi connectivity index (χ3v) is 7.72. The minimum absolute atomic E-state index is 0.113. The molecule has 2 aromatic carbocycles. The lowest BCUT2D eigenvalue weighted by atomic mass is 9.82. The Labute approximate surface area is 213 Å². The highest BCUT2D eigenvalue weighted by Crippen LogP contribution is 2.38. The van der Waals surface area contributed by atoms with E-state index in [9.17, 15) is 31.1 Å². The molecule has 1 heterocycles. The summed E-state index contributed by atoms with van der Waals surface area (Å²) in [6, 6.07) is 10.7. The molecule has 2 aliphatic rings. The lowest BCUT2D eigenvalue weighted by molar-refractivity contribution is -0.143. The van der Waals surface area contributed by atoms with Crippen molar-refractivity contribution in [1.29, 1.82) is 0 Å². The predicted molar refractivity (Wildman–Crippen MR) is 129 cm³/mol. The van der Waals surface area contributed by atoms with Gasteiger partial charge in [0.25, 0.3) is 0 Å². The number of nitrogens with zero attached hydrogens (tertiary/aromatic N) is 2. The summed E-state index contributed by atoms with van der Waals surface area (Å²) in [6.07, 6.45) is -6.43. The highest BCUT2D eigenvalue weighted by Gasteiger charge is 2.42. The number of hydrogen-bond donors (Lipinski definition) is 0. The van der Waals surface area contributed by atoms with E-state index in [2.05, 4.69) is 9.80 Å². The van der Waals surface area contributed by atoms with Crippen molar-refractivity contribution in [1.82, 2.24) is 9.80 Å². The van der Waals surface area contributed by atoms with E-state index in [1.165, 1.54) is 19.3 Å². The lowest BCUT2D eigenvalue weighted by Crippen LogP contribution is -2.57. The van der Waals surface area contributed by atoms with Crippen LogP contribution in [0, 0.1) is 5.92 Å². The fourth-order valence-corrected chi connectivity index (χ4v) is 5.14. The van der Waals surface area contributed by atoms with Crippen molar-refractivity contribution in [2.24, 2.45) is 5.92 Å². The molecule has 1 atom stereocenters. The topological polar surface area (TPSA) is 23.6 Å².